The first-order valence-electron chi connectivity index (χ1n) is 7.49. The van der Waals surface area contributed by atoms with E-state index >= 15 is 0 Å². The summed E-state index contributed by atoms with van der Waals surface area (Å²) in [6, 6.07) is 14.8. The van der Waals surface area contributed by atoms with E-state index < -0.39 is 10.0 Å². The number of nitrogens with zero attached hydrogens (tertiary/aromatic N) is 3. The van der Waals surface area contributed by atoms with Crippen molar-refractivity contribution in [2.75, 3.05) is 7.11 Å². The minimum Gasteiger partial charge on any atom is -0.497 e. The quantitative estimate of drug-likeness (QED) is 0.706. The lowest BCUT2D eigenvalue weighted by Crippen LogP contribution is -2.24. The molecule has 1 N–H and O–H groups in total. The molecule has 132 valence electrons. The van der Waals surface area contributed by atoms with Crippen molar-refractivity contribution < 1.29 is 17.7 Å². The Morgan fingerprint density at radius 3 is 2.62 bits per heavy atom. The van der Waals surface area contributed by atoms with Gasteiger partial charge in [0.1, 0.15) is 11.8 Å². The van der Waals surface area contributed by atoms with E-state index in [1.807, 2.05) is 6.07 Å². The van der Waals surface area contributed by atoms with E-state index in [0.717, 1.165) is 0 Å². The van der Waals surface area contributed by atoms with Crippen LogP contribution in [0.1, 0.15) is 11.5 Å². The number of aromatic nitrogens is 2. The van der Waals surface area contributed by atoms with E-state index in [2.05, 4.69) is 14.9 Å². The second-order valence-electron chi connectivity index (χ2n) is 5.17. The summed E-state index contributed by atoms with van der Waals surface area (Å²) in [5.74, 6) is 1.13. The Hall–Kier alpha value is -3.22. The highest BCUT2D eigenvalue weighted by Crippen LogP contribution is 2.20. The van der Waals surface area contributed by atoms with Crippen LogP contribution in [0.4, 0.5) is 0 Å². The molecule has 8 nitrogen and oxygen atoms in total. The predicted molar refractivity (Wildman–Crippen MR) is 91.5 cm³/mol. The van der Waals surface area contributed by atoms with Crippen molar-refractivity contribution in [3.8, 4) is 23.2 Å². The topological polar surface area (TPSA) is 118 Å². The van der Waals surface area contributed by atoms with Crippen LogP contribution in [0.3, 0.4) is 0 Å². The molecular formula is C17H14N4O4S. The number of sulfonamides is 1. The van der Waals surface area contributed by atoms with Crippen LogP contribution in [0.25, 0.3) is 11.4 Å². The summed E-state index contributed by atoms with van der Waals surface area (Å²) in [6.07, 6.45) is 0. The van der Waals surface area contributed by atoms with Gasteiger partial charge in [0.2, 0.25) is 21.7 Å². The molecule has 0 radical (unpaired) electrons. The number of hydrogen-bond donors (Lipinski definition) is 1. The van der Waals surface area contributed by atoms with Crippen molar-refractivity contribution in [2.45, 2.75) is 11.4 Å². The van der Waals surface area contributed by atoms with E-state index in [1.165, 1.54) is 12.1 Å². The van der Waals surface area contributed by atoms with Gasteiger partial charge in [-0.1, -0.05) is 17.3 Å². The van der Waals surface area contributed by atoms with Gasteiger partial charge in [0.05, 0.1) is 24.1 Å². The maximum Gasteiger partial charge on any atom is 0.242 e. The van der Waals surface area contributed by atoms with Gasteiger partial charge in [0, 0.05) is 5.56 Å². The fraction of sp³-hybridized carbons (Fsp3) is 0.118. The number of rotatable bonds is 6. The van der Waals surface area contributed by atoms with Crippen LogP contribution >= 0.6 is 0 Å². The lowest BCUT2D eigenvalue weighted by molar-refractivity contribution is 0.376. The number of benzene rings is 2. The van der Waals surface area contributed by atoms with E-state index in [1.54, 1.807) is 43.5 Å². The van der Waals surface area contributed by atoms with Gasteiger partial charge >= 0.3 is 0 Å². The third kappa shape index (κ3) is 3.72. The summed E-state index contributed by atoms with van der Waals surface area (Å²) in [4.78, 5) is 4.07. The third-order valence-corrected chi connectivity index (χ3v) is 4.99. The number of nitrogens with one attached hydrogen (secondary N) is 1. The molecule has 0 spiro atoms. The predicted octanol–water partition coefficient (Wildman–Crippen LogP) is 2.10. The molecule has 0 aliphatic rings. The molecule has 0 aliphatic heterocycles. The fourth-order valence-corrected chi connectivity index (χ4v) is 3.34. The first-order chi connectivity index (χ1) is 12.5. The molecule has 9 heteroatoms. The second kappa shape index (κ2) is 7.35. The summed E-state index contributed by atoms with van der Waals surface area (Å²) in [6.45, 7) is -0.189. The molecule has 3 aromatic rings. The largest absolute Gasteiger partial charge is 0.497 e. The highest BCUT2D eigenvalue weighted by molar-refractivity contribution is 7.89. The first kappa shape index (κ1) is 17.6. The van der Waals surface area contributed by atoms with Crippen LogP contribution < -0.4 is 9.46 Å². The number of hydrogen-bond acceptors (Lipinski definition) is 7. The average molecular weight is 370 g/mol. The number of methoxy groups -OCH3 is 1. The Morgan fingerprint density at radius 1 is 1.19 bits per heavy atom. The van der Waals surface area contributed by atoms with Crippen LogP contribution in [-0.2, 0) is 16.6 Å². The molecular weight excluding hydrogens is 356 g/mol. The zero-order valence-electron chi connectivity index (χ0n) is 13.7. The van der Waals surface area contributed by atoms with Crippen LogP contribution in [-0.4, -0.2) is 25.7 Å². The molecule has 26 heavy (non-hydrogen) atoms. The van der Waals surface area contributed by atoms with Gasteiger partial charge in [-0.25, -0.2) is 13.1 Å². The van der Waals surface area contributed by atoms with Crippen molar-refractivity contribution in [1.82, 2.24) is 14.9 Å². The molecule has 0 amide bonds. The molecule has 1 aromatic heterocycles. The van der Waals surface area contributed by atoms with Crippen molar-refractivity contribution in [3.05, 3.63) is 60.0 Å². The zero-order chi connectivity index (χ0) is 18.6. The molecule has 3 rings (SSSR count). The van der Waals surface area contributed by atoms with Gasteiger partial charge in [-0.05, 0) is 36.4 Å². The zero-order valence-corrected chi connectivity index (χ0v) is 14.5. The summed E-state index contributed by atoms with van der Waals surface area (Å²) < 4.78 is 37.2. The SMILES string of the molecule is COc1ccc(-c2noc(CNS(=O)(=O)c3ccccc3C#N)n2)cc1. The van der Waals surface area contributed by atoms with Crippen LogP contribution in [0.5, 0.6) is 5.75 Å². The number of nitriles is 1. The lowest BCUT2D eigenvalue weighted by Gasteiger charge is -2.05. The first-order valence-corrected chi connectivity index (χ1v) is 8.97. The van der Waals surface area contributed by atoms with Crippen LogP contribution in [0, 0.1) is 11.3 Å². The fourth-order valence-electron chi connectivity index (χ4n) is 2.21. The number of ether oxygens (including phenoxy) is 1. The molecule has 0 unspecified atom stereocenters. The molecule has 0 saturated heterocycles. The smallest absolute Gasteiger partial charge is 0.242 e. The van der Waals surface area contributed by atoms with Gasteiger partial charge in [0.25, 0.3) is 0 Å². The van der Waals surface area contributed by atoms with Gasteiger partial charge in [-0.3, -0.25) is 0 Å². The molecule has 2 aromatic carbocycles. The summed E-state index contributed by atoms with van der Waals surface area (Å²) in [5, 5.41) is 12.9. The van der Waals surface area contributed by atoms with Gasteiger partial charge in [-0.15, -0.1) is 0 Å². The normalized spacial score (nSPS) is 11.1. The summed E-state index contributed by atoms with van der Waals surface area (Å²) >= 11 is 0. The Labute approximate surface area is 150 Å². The molecule has 1 heterocycles. The molecule has 0 bridgehead atoms. The Balaban J connectivity index is 1.74. The molecule has 0 aliphatic carbocycles. The van der Waals surface area contributed by atoms with Gasteiger partial charge in [0.15, 0.2) is 0 Å². The van der Waals surface area contributed by atoms with E-state index in [-0.39, 0.29) is 22.9 Å². The van der Waals surface area contributed by atoms with Crippen LogP contribution in [0.15, 0.2) is 57.9 Å². The summed E-state index contributed by atoms with van der Waals surface area (Å²) in [5.41, 5.74) is 0.767. The Kier molecular flexibility index (Phi) is 4.97. The van der Waals surface area contributed by atoms with Crippen molar-refractivity contribution in [3.63, 3.8) is 0 Å². The standard InChI is InChI=1S/C17H14N4O4S/c1-24-14-8-6-12(7-9-14)17-20-16(25-21-17)11-19-26(22,23)15-5-3-2-4-13(15)10-18/h2-9,19H,11H2,1H3. The lowest BCUT2D eigenvalue weighted by atomic mass is 10.2. The molecule has 0 saturated carbocycles. The Morgan fingerprint density at radius 2 is 1.92 bits per heavy atom. The van der Waals surface area contributed by atoms with Crippen molar-refractivity contribution in [1.29, 1.82) is 5.26 Å². The maximum absolute atomic E-state index is 12.4. The second-order valence-corrected chi connectivity index (χ2v) is 6.91. The van der Waals surface area contributed by atoms with E-state index in [0.29, 0.717) is 17.1 Å². The highest BCUT2D eigenvalue weighted by Gasteiger charge is 2.19. The minimum absolute atomic E-state index is 0.0597. The highest BCUT2D eigenvalue weighted by atomic mass is 32.2. The Bertz CT molecular complexity index is 1050. The maximum atomic E-state index is 12.4. The van der Waals surface area contributed by atoms with E-state index in [4.69, 9.17) is 14.5 Å². The molecule has 0 fully saturated rings. The van der Waals surface area contributed by atoms with Crippen molar-refractivity contribution >= 4 is 10.0 Å². The van der Waals surface area contributed by atoms with Crippen molar-refractivity contribution in [2.24, 2.45) is 0 Å². The minimum atomic E-state index is -3.88. The van der Waals surface area contributed by atoms with E-state index in [9.17, 15) is 8.42 Å². The molecule has 0 atom stereocenters. The summed E-state index contributed by atoms with van der Waals surface area (Å²) in [7, 11) is -2.31. The average Bonchev–Trinajstić information content (AvgIpc) is 3.15. The van der Waals surface area contributed by atoms with Crippen LogP contribution in [0.2, 0.25) is 0 Å². The third-order valence-electron chi connectivity index (χ3n) is 3.53. The van der Waals surface area contributed by atoms with Gasteiger partial charge < -0.3 is 9.26 Å². The monoisotopic (exact) mass is 370 g/mol. The van der Waals surface area contributed by atoms with Gasteiger partial charge in [-0.2, -0.15) is 10.2 Å².